The number of aliphatic hydroxyl groups is 1. The van der Waals surface area contributed by atoms with Crippen molar-refractivity contribution >= 4 is 0 Å². The third-order valence-electron chi connectivity index (χ3n) is 10.9. The van der Waals surface area contributed by atoms with E-state index in [4.69, 9.17) is 0 Å². The van der Waals surface area contributed by atoms with E-state index in [-0.39, 0.29) is 6.10 Å². The second-order valence-corrected chi connectivity index (χ2v) is 12.1. The van der Waals surface area contributed by atoms with Crippen LogP contribution in [-0.2, 0) is 6.42 Å². The molecule has 8 unspecified atom stereocenters. The topological polar surface area (TPSA) is 20.2 Å². The molecule has 1 heteroatoms. The fraction of sp³-hybridized carbons (Fsp3) is 0.793. The minimum absolute atomic E-state index is 0.0137. The second-order valence-electron chi connectivity index (χ2n) is 12.1. The van der Waals surface area contributed by atoms with Crippen molar-refractivity contribution in [3.63, 3.8) is 0 Å². The molecule has 0 spiro atoms. The van der Waals surface area contributed by atoms with Gasteiger partial charge in [-0.1, -0.05) is 50.6 Å². The van der Waals surface area contributed by atoms with E-state index < -0.39 is 0 Å². The summed E-state index contributed by atoms with van der Waals surface area (Å²) in [5.41, 5.74) is 2.65. The molecule has 4 aliphatic rings. The number of unbranched alkanes of at least 4 members (excludes halogenated alkanes) is 1. The van der Waals surface area contributed by atoms with Gasteiger partial charge in [0, 0.05) is 0 Å². The lowest BCUT2D eigenvalue weighted by atomic mass is 9.44. The van der Waals surface area contributed by atoms with Gasteiger partial charge in [0.05, 0.1) is 6.10 Å². The number of hydrogen-bond donors (Lipinski definition) is 1. The van der Waals surface area contributed by atoms with Gasteiger partial charge in [0.1, 0.15) is 0 Å². The van der Waals surface area contributed by atoms with Gasteiger partial charge in [0.15, 0.2) is 0 Å². The van der Waals surface area contributed by atoms with Crippen molar-refractivity contribution in [1.29, 1.82) is 0 Å². The van der Waals surface area contributed by atoms with Gasteiger partial charge in [-0.3, -0.25) is 0 Å². The molecule has 0 bridgehead atoms. The van der Waals surface area contributed by atoms with Crippen molar-refractivity contribution in [2.45, 2.75) is 103 Å². The zero-order chi connectivity index (χ0) is 20.8. The lowest BCUT2D eigenvalue weighted by molar-refractivity contribution is -0.127. The van der Waals surface area contributed by atoms with E-state index in [9.17, 15) is 5.11 Å². The quantitative estimate of drug-likeness (QED) is 0.503. The van der Waals surface area contributed by atoms with E-state index >= 15 is 0 Å². The van der Waals surface area contributed by atoms with Gasteiger partial charge in [-0.2, -0.15) is 0 Å². The lowest BCUT2D eigenvalue weighted by Crippen LogP contribution is -2.53. The molecule has 4 aliphatic carbocycles. The average Bonchev–Trinajstić information content (AvgIpc) is 3.09. The third kappa shape index (κ3) is 3.58. The van der Waals surface area contributed by atoms with Crippen LogP contribution in [0.4, 0.5) is 0 Å². The summed E-state index contributed by atoms with van der Waals surface area (Å²) in [7, 11) is 0. The van der Waals surface area contributed by atoms with Crippen molar-refractivity contribution in [3.8, 4) is 0 Å². The third-order valence-corrected chi connectivity index (χ3v) is 10.9. The molecule has 0 aromatic heterocycles. The molecule has 0 heterocycles. The molecule has 4 fully saturated rings. The van der Waals surface area contributed by atoms with Gasteiger partial charge in [-0.05, 0) is 123 Å². The van der Waals surface area contributed by atoms with Gasteiger partial charge in [0.25, 0.3) is 0 Å². The van der Waals surface area contributed by atoms with Crippen LogP contribution < -0.4 is 0 Å². The Kier molecular flexibility index (Phi) is 5.80. The number of fused-ring (bicyclic) bond motifs is 5. The minimum atomic E-state index is -0.0137. The first-order chi connectivity index (χ1) is 14.5. The van der Waals surface area contributed by atoms with Gasteiger partial charge < -0.3 is 5.11 Å². The van der Waals surface area contributed by atoms with Gasteiger partial charge in [-0.15, -0.1) is 0 Å². The van der Waals surface area contributed by atoms with Crippen LogP contribution >= 0.6 is 0 Å². The Bertz CT molecular complexity index is 712. The molecule has 0 saturated heterocycles. The van der Waals surface area contributed by atoms with E-state index in [0.29, 0.717) is 10.8 Å². The van der Waals surface area contributed by atoms with E-state index in [1.807, 2.05) is 0 Å². The molecule has 166 valence electrons. The Balaban J connectivity index is 1.21. The summed E-state index contributed by atoms with van der Waals surface area (Å²) in [6.07, 6.45) is 17.7. The highest BCUT2D eigenvalue weighted by Gasteiger charge is 2.59. The minimum Gasteiger partial charge on any atom is -0.393 e. The first-order valence-electron chi connectivity index (χ1n) is 13.2. The summed E-state index contributed by atoms with van der Waals surface area (Å²) < 4.78 is 0. The SMILES string of the molecule is CC12CCC3C(CCC4CC(O)CCC43C)C1CCC2CCCCc1ccccc1. The monoisotopic (exact) mass is 408 g/mol. The standard InChI is InChI=1S/C29H44O/c1-28-19-17-27-25(14-12-23-20-24(30)16-18-29(23,27)2)26(28)15-13-22(28)11-7-6-10-21-8-4-3-5-9-21/h3-5,8-9,22-27,30H,6-7,10-20H2,1-2H3. The first-order valence-corrected chi connectivity index (χ1v) is 13.2. The molecule has 8 atom stereocenters. The van der Waals surface area contributed by atoms with Crippen LogP contribution in [0, 0.1) is 40.4 Å². The summed E-state index contributed by atoms with van der Waals surface area (Å²) in [5.74, 6) is 4.67. The predicted molar refractivity (Wildman–Crippen MR) is 125 cm³/mol. The Morgan fingerprint density at radius 2 is 1.60 bits per heavy atom. The van der Waals surface area contributed by atoms with Crippen LogP contribution in [0.15, 0.2) is 30.3 Å². The molecular formula is C29H44O. The molecule has 1 N–H and O–H groups in total. The smallest absolute Gasteiger partial charge is 0.0543 e. The lowest BCUT2D eigenvalue weighted by Gasteiger charge is -2.61. The molecule has 4 saturated carbocycles. The van der Waals surface area contributed by atoms with E-state index in [1.165, 1.54) is 76.2 Å². The number of hydrogen-bond acceptors (Lipinski definition) is 1. The van der Waals surface area contributed by atoms with Crippen LogP contribution in [0.3, 0.4) is 0 Å². The summed E-state index contributed by atoms with van der Waals surface area (Å²) in [5, 5.41) is 10.3. The maximum Gasteiger partial charge on any atom is 0.0543 e. The van der Waals surface area contributed by atoms with Crippen LogP contribution in [0.25, 0.3) is 0 Å². The highest BCUT2D eigenvalue weighted by Crippen LogP contribution is 2.67. The van der Waals surface area contributed by atoms with Crippen molar-refractivity contribution in [1.82, 2.24) is 0 Å². The number of aryl methyl sites for hydroxylation is 1. The Hall–Kier alpha value is -0.820. The van der Waals surface area contributed by atoms with Crippen LogP contribution in [-0.4, -0.2) is 11.2 Å². The molecule has 1 nitrogen and oxygen atoms in total. The summed E-state index contributed by atoms with van der Waals surface area (Å²) in [6.45, 7) is 5.32. The van der Waals surface area contributed by atoms with Gasteiger partial charge in [-0.25, -0.2) is 0 Å². The summed E-state index contributed by atoms with van der Waals surface area (Å²) in [4.78, 5) is 0. The van der Waals surface area contributed by atoms with Crippen LogP contribution in [0.5, 0.6) is 0 Å². The highest BCUT2D eigenvalue weighted by molar-refractivity contribution is 5.14. The molecule has 0 aliphatic heterocycles. The zero-order valence-corrected chi connectivity index (χ0v) is 19.5. The van der Waals surface area contributed by atoms with Crippen molar-refractivity contribution in [3.05, 3.63) is 35.9 Å². The predicted octanol–water partition coefficient (Wildman–Crippen LogP) is 7.42. The van der Waals surface area contributed by atoms with Crippen molar-refractivity contribution in [2.24, 2.45) is 40.4 Å². The van der Waals surface area contributed by atoms with Crippen LogP contribution in [0.1, 0.15) is 96.5 Å². The Morgan fingerprint density at radius 3 is 2.43 bits per heavy atom. The molecule has 1 aromatic carbocycles. The average molecular weight is 409 g/mol. The summed E-state index contributed by atoms with van der Waals surface area (Å²) >= 11 is 0. The second kappa shape index (κ2) is 8.27. The maximum absolute atomic E-state index is 10.3. The summed E-state index contributed by atoms with van der Waals surface area (Å²) in [6, 6.07) is 11.1. The number of rotatable bonds is 5. The first kappa shape index (κ1) is 21.0. The number of aliphatic hydroxyl groups excluding tert-OH is 1. The van der Waals surface area contributed by atoms with E-state index in [0.717, 1.165) is 42.4 Å². The molecule has 0 radical (unpaired) electrons. The zero-order valence-electron chi connectivity index (χ0n) is 19.5. The maximum atomic E-state index is 10.3. The largest absolute Gasteiger partial charge is 0.393 e. The van der Waals surface area contributed by atoms with Gasteiger partial charge >= 0.3 is 0 Å². The van der Waals surface area contributed by atoms with Crippen LogP contribution in [0.2, 0.25) is 0 Å². The normalized spacial score (nSPS) is 45.4. The van der Waals surface area contributed by atoms with E-state index in [1.54, 1.807) is 0 Å². The van der Waals surface area contributed by atoms with Crippen molar-refractivity contribution < 1.29 is 5.11 Å². The Morgan fingerprint density at radius 1 is 0.833 bits per heavy atom. The number of benzene rings is 1. The molecular weight excluding hydrogens is 364 g/mol. The molecule has 30 heavy (non-hydrogen) atoms. The van der Waals surface area contributed by atoms with Crippen molar-refractivity contribution in [2.75, 3.05) is 0 Å². The molecule has 5 rings (SSSR count). The fourth-order valence-electron chi connectivity index (χ4n) is 9.18. The molecule has 0 amide bonds. The van der Waals surface area contributed by atoms with Gasteiger partial charge in [0.2, 0.25) is 0 Å². The molecule has 1 aromatic rings. The fourth-order valence-corrected chi connectivity index (χ4v) is 9.18. The Labute approximate surface area is 185 Å². The highest BCUT2D eigenvalue weighted by atomic mass is 16.3. The van der Waals surface area contributed by atoms with E-state index in [2.05, 4.69) is 44.2 Å².